The van der Waals surface area contributed by atoms with Gasteiger partial charge in [-0.25, -0.2) is 8.78 Å². The number of nitrogens with one attached hydrogen (secondary N) is 2. The van der Waals surface area contributed by atoms with Gasteiger partial charge in [0.25, 0.3) is 11.5 Å². The number of Topliss-reactive ketones (excluding diaryl/α,β-unsaturated/α-hetero) is 1. The largest absolute Gasteiger partial charge is 0.496 e. The van der Waals surface area contributed by atoms with Gasteiger partial charge in [0.15, 0.2) is 5.78 Å². The van der Waals surface area contributed by atoms with E-state index in [0.717, 1.165) is 40.9 Å². The van der Waals surface area contributed by atoms with Crippen molar-refractivity contribution in [1.29, 1.82) is 0 Å². The van der Waals surface area contributed by atoms with Gasteiger partial charge in [0, 0.05) is 37.0 Å². The topological polar surface area (TPSA) is 98.7 Å². The molecule has 1 aliphatic rings. The molecule has 3 aromatic rings. The first-order chi connectivity index (χ1) is 19.5. The zero-order chi connectivity index (χ0) is 30.0. The highest BCUT2D eigenvalue weighted by Crippen LogP contribution is 2.37. The molecule has 0 aliphatic carbocycles. The monoisotopic (exact) mass is 567 g/mol. The van der Waals surface area contributed by atoms with E-state index < -0.39 is 29.1 Å². The summed E-state index contributed by atoms with van der Waals surface area (Å²) in [6, 6.07) is 6.43. The summed E-state index contributed by atoms with van der Waals surface area (Å²) in [5.74, 6) is -3.01. The number of ketones is 1. The fourth-order valence-electron chi connectivity index (χ4n) is 4.97. The highest BCUT2D eigenvalue weighted by molar-refractivity contribution is 5.98. The molecule has 0 saturated heterocycles. The maximum atomic E-state index is 14.8. The molecule has 0 spiro atoms. The van der Waals surface area contributed by atoms with Gasteiger partial charge < -0.3 is 24.7 Å². The molecule has 0 radical (unpaired) electrons. The van der Waals surface area contributed by atoms with E-state index in [0.29, 0.717) is 16.9 Å². The van der Waals surface area contributed by atoms with Crippen molar-refractivity contribution in [3.63, 3.8) is 0 Å². The van der Waals surface area contributed by atoms with Crippen molar-refractivity contribution in [1.82, 2.24) is 9.88 Å². The summed E-state index contributed by atoms with van der Waals surface area (Å²) in [5.41, 5.74) is 3.38. The number of hydrogen-bond donors (Lipinski definition) is 2. The fourth-order valence-corrected chi connectivity index (χ4v) is 4.97. The lowest BCUT2D eigenvalue weighted by Gasteiger charge is -2.20. The second-order valence-corrected chi connectivity index (χ2v) is 10.4. The molecular weight excluding hydrogens is 532 g/mol. The minimum Gasteiger partial charge on any atom is -0.496 e. The molecule has 1 aliphatic heterocycles. The quantitative estimate of drug-likeness (QED) is 0.365. The number of anilines is 1. The Morgan fingerprint density at radius 2 is 1.78 bits per heavy atom. The van der Waals surface area contributed by atoms with E-state index in [2.05, 4.69) is 10.6 Å². The molecule has 0 saturated carbocycles. The Hall–Kier alpha value is -4.05. The number of nitrogens with zero attached hydrogens (tertiary/aromatic N) is 1. The Labute approximate surface area is 237 Å². The van der Waals surface area contributed by atoms with E-state index in [1.165, 1.54) is 14.0 Å². The van der Waals surface area contributed by atoms with Gasteiger partial charge >= 0.3 is 0 Å². The molecule has 41 heavy (non-hydrogen) atoms. The number of carbonyl (C=O) groups is 2. The number of rotatable bonds is 10. The number of aryl methyl sites for hydroxylation is 1. The van der Waals surface area contributed by atoms with Crippen LogP contribution in [0.1, 0.15) is 59.9 Å². The Morgan fingerprint density at radius 1 is 1.12 bits per heavy atom. The van der Waals surface area contributed by atoms with E-state index in [1.807, 2.05) is 20.8 Å². The van der Waals surface area contributed by atoms with Crippen molar-refractivity contribution in [2.24, 2.45) is 7.05 Å². The molecule has 0 fully saturated rings. The molecule has 1 aromatic heterocycles. The zero-order valence-corrected chi connectivity index (χ0v) is 24.1. The maximum absolute atomic E-state index is 14.8. The minimum absolute atomic E-state index is 0.0113. The van der Waals surface area contributed by atoms with E-state index in [1.54, 1.807) is 29.8 Å². The molecule has 1 amide bonds. The summed E-state index contributed by atoms with van der Waals surface area (Å²) >= 11 is 0. The van der Waals surface area contributed by atoms with Crippen LogP contribution in [0.25, 0.3) is 11.1 Å². The molecule has 2 N–H and O–H groups in total. The summed E-state index contributed by atoms with van der Waals surface area (Å²) in [4.78, 5) is 38.8. The molecular formula is C31H35F2N3O5. The predicted octanol–water partition coefficient (Wildman–Crippen LogP) is 4.82. The summed E-state index contributed by atoms with van der Waals surface area (Å²) in [6.45, 7) is 7.44. The maximum Gasteiger partial charge on any atom is 0.262 e. The second kappa shape index (κ2) is 12.2. The van der Waals surface area contributed by atoms with Gasteiger partial charge in [0.2, 0.25) is 0 Å². The van der Waals surface area contributed by atoms with Crippen LogP contribution in [0.5, 0.6) is 5.75 Å². The van der Waals surface area contributed by atoms with E-state index in [4.69, 9.17) is 9.47 Å². The van der Waals surface area contributed by atoms with Crippen molar-refractivity contribution >= 4 is 17.4 Å². The number of hydrogen-bond acceptors (Lipinski definition) is 6. The van der Waals surface area contributed by atoms with Crippen LogP contribution in [0.4, 0.5) is 14.5 Å². The average molecular weight is 568 g/mol. The predicted molar refractivity (Wildman–Crippen MR) is 152 cm³/mol. The smallest absolute Gasteiger partial charge is 0.262 e. The minimum atomic E-state index is -1.04. The number of ether oxygens (including phenoxy) is 2. The lowest BCUT2D eigenvalue weighted by molar-refractivity contribution is -0.118. The lowest BCUT2D eigenvalue weighted by Crippen LogP contribution is -2.42. The first kappa shape index (κ1) is 29.9. The van der Waals surface area contributed by atoms with Gasteiger partial charge in [-0.05, 0) is 61.6 Å². The van der Waals surface area contributed by atoms with Crippen molar-refractivity contribution < 1.29 is 27.8 Å². The van der Waals surface area contributed by atoms with Crippen molar-refractivity contribution in [2.45, 2.75) is 65.8 Å². The molecule has 218 valence electrons. The number of amides is 1. The van der Waals surface area contributed by atoms with Crippen molar-refractivity contribution in [3.05, 3.63) is 80.3 Å². The summed E-state index contributed by atoms with van der Waals surface area (Å²) in [7, 11) is 3.19. The van der Waals surface area contributed by atoms with E-state index in [9.17, 15) is 23.2 Å². The molecule has 2 heterocycles. The lowest BCUT2D eigenvalue weighted by atomic mass is 9.90. The van der Waals surface area contributed by atoms with Crippen LogP contribution in [0.15, 0.2) is 35.1 Å². The highest BCUT2D eigenvalue weighted by atomic mass is 19.1. The second-order valence-electron chi connectivity index (χ2n) is 10.4. The fraction of sp³-hybridized carbons (Fsp3) is 0.387. The van der Waals surface area contributed by atoms with Crippen LogP contribution in [0, 0.1) is 18.6 Å². The molecule has 4 rings (SSSR count). The number of pyridine rings is 1. The summed E-state index contributed by atoms with van der Waals surface area (Å²) in [5, 5.41) is 5.49. The third kappa shape index (κ3) is 6.02. The Kier molecular flexibility index (Phi) is 8.92. The summed E-state index contributed by atoms with van der Waals surface area (Å²) in [6.07, 6.45) is 0.823. The van der Waals surface area contributed by atoms with Crippen LogP contribution < -0.4 is 20.9 Å². The third-order valence-corrected chi connectivity index (χ3v) is 7.66. The third-order valence-electron chi connectivity index (χ3n) is 7.66. The standard InChI is InChI=1S/C31H35F2N3O5/c1-7-16(2)34-20-12-24(32)29(25(33)13-20)30(38)35-26(18(4)37)11-19-8-9-21(23-15-41-14-22(19)23)28-27(40-6)10-17(3)36(5)31(28)39/h8-10,12-13,16,26,34H,7,11,14-15H2,1-6H3,(H,35,38)/t16-,26-/m0/s1. The zero-order valence-electron chi connectivity index (χ0n) is 24.1. The number of benzene rings is 2. The van der Waals surface area contributed by atoms with Crippen LogP contribution in [0.3, 0.4) is 0 Å². The number of aromatic nitrogens is 1. The highest BCUT2D eigenvalue weighted by Gasteiger charge is 2.28. The van der Waals surface area contributed by atoms with Gasteiger partial charge in [0.05, 0.1) is 31.9 Å². The SMILES string of the molecule is CC[C@H](C)Nc1cc(F)c(C(=O)N[C@@H](Cc2ccc(-c3c(OC)cc(C)n(C)c3=O)c3c2COC3)C(C)=O)c(F)c1. The first-order valence-corrected chi connectivity index (χ1v) is 13.5. The van der Waals surface area contributed by atoms with Gasteiger partial charge in [0.1, 0.15) is 22.9 Å². The van der Waals surface area contributed by atoms with Crippen molar-refractivity contribution in [2.75, 3.05) is 12.4 Å². The van der Waals surface area contributed by atoms with E-state index in [-0.39, 0.29) is 42.7 Å². The Morgan fingerprint density at radius 3 is 2.39 bits per heavy atom. The molecule has 0 bridgehead atoms. The molecule has 8 nitrogen and oxygen atoms in total. The first-order valence-electron chi connectivity index (χ1n) is 13.5. The summed E-state index contributed by atoms with van der Waals surface area (Å²) < 4.78 is 42.5. The molecule has 2 aromatic carbocycles. The number of methoxy groups -OCH3 is 1. The van der Waals surface area contributed by atoms with Gasteiger partial charge in [-0.2, -0.15) is 0 Å². The number of fused-ring (bicyclic) bond motifs is 1. The Bertz CT molecular complexity index is 1540. The average Bonchev–Trinajstić information content (AvgIpc) is 3.42. The van der Waals surface area contributed by atoms with Crippen LogP contribution in [0.2, 0.25) is 0 Å². The Balaban J connectivity index is 1.64. The van der Waals surface area contributed by atoms with Gasteiger partial charge in [-0.3, -0.25) is 14.4 Å². The normalized spacial score (nSPS) is 13.9. The van der Waals surface area contributed by atoms with Gasteiger partial charge in [-0.15, -0.1) is 0 Å². The number of carbonyl (C=O) groups excluding carboxylic acids is 2. The van der Waals surface area contributed by atoms with Gasteiger partial charge in [-0.1, -0.05) is 19.1 Å². The molecule has 2 atom stereocenters. The molecule has 0 unspecified atom stereocenters. The van der Waals surface area contributed by atoms with Crippen molar-refractivity contribution in [3.8, 4) is 16.9 Å². The van der Waals surface area contributed by atoms with Crippen LogP contribution in [-0.2, 0) is 36.2 Å². The van der Waals surface area contributed by atoms with E-state index >= 15 is 0 Å². The molecule has 10 heteroatoms. The number of halogens is 2. The van der Waals surface area contributed by atoms with Crippen LogP contribution in [-0.4, -0.2) is 35.5 Å². The van der Waals surface area contributed by atoms with Crippen LogP contribution >= 0.6 is 0 Å².